The number of carbonyl (C=O) groups is 3. The molecule has 0 spiro atoms. The Bertz CT molecular complexity index is 305. The molecular formula is C12H23N3O5. The Kier molecular flexibility index (Phi) is 9.10. The lowest BCUT2D eigenvalue weighted by atomic mass is 10.3. The molecule has 0 aliphatic heterocycles. The van der Waals surface area contributed by atoms with Crippen LogP contribution in [0.3, 0.4) is 0 Å². The molecule has 0 heterocycles. The Balaban J connectivity index is 4.80. The molecule has 0 atom stereocenters. The van der Waals surface area contributed by atoms with Gasteiger partial charge in [0.05, 0.1) is 6.61 Å². The van der Waals surface area contributed by atoms with E-state index in [2.05, 4.69) is 0 Å². The van der Waals surface area contributed by atoms with Crippen LogP contribution in [0.15, 0.2) is 0 Å². The maximum Gasteiger partial charge on any atom is 0.323 e. The van der Waals surface area contributed by atoms with Gasteiger partial charge in [-0.2, -0.15) is 0 Å². The summed E-state index contributed by atoms with van der Waals surface area (Å²) in [6.07, 6.45) is 1.56. The van der Waals surface area contributed by atoms with E-state index in [1.54, 1.807) is 0 Å². The number of rotatable bonds is 10. The van der Waals surface area contributed by atoms with Crippen LogP contribution in [0.25, 0.3) is 0 Å². The molecule has 0 fully saturated rings. The second kappa shape index (κ2) is 10.0. The minimum Gasteiger partial charge on any atom is -0.480 e. The standard InChI is InChI=1S/C12H23N3O5/c1-3-4-5-14(8-10(13)16)12(19)15(6-7-20-2)9-11(17)18/h3-9H2,1-2H3,(H2,13,16)(H,17,18). The van der Waals surface area contributed by atoms with Crippen molar-refractivity contribution in [1.29, 1.82) is 0 Å². The first kappa shape index (κ1) is 18.2. The molecule has 0 aromatic carbocycles. The van der Waals surface area contributed by atoms with E-state index in [1.807, 2.05) is 6.92 Å². The van der Waals surface area contributed by atoms with E-state index in [-0.39, 0.29) is 19.7 Å². The number of nitrogens with two attached hydrogens (primary N) is 1. The van der Waals surface area contributed by atoms with Gasteiger partial charge in [0, 0.05) is 20.2 Å². The Labute approximate surface area is 118 Å². The molecule has 116 valence electrons. The van der Waals surface area contributed by atoms with Gasteiger partial charge in [-0.05, 0) is 6.42 Å². The summed E-state index contributed by atoms with van der Waals surface area (Å²) in [5, 5.41) is 8.83. The van der Waals surface area contributed by atoms with Crippen molar-refractivity contribution in [2.75, 3.05) is 39.9 Å². The normalized spacial score (nSPS) is 10.1. The largest absolute Gasteiger partial charge is 0.480 e. The van der Waals surface area contributed by atoms with Gasteiger partial charge in [-0.15, -0.1) is 0 Å². The molecule has 3 amide bonds. The van der Waals surface area contributed by atoms with E-state index in [4.69, 9.17) is 15.6 Å². The van der Waals surface area contributed by atoms with Gasteiger partial charge in [-0.1, -0.05) is 13.3 Å². The van der Waals surface area contributed by atoms with E-state index < -0.39 is 24.5 Å². The van der Waals surface area contributed by atoms with Gasteiger partial charge < -0.3 is 25.4 Å². The molecule has 0 aliphatic carbocycles. The number of methoxy groups -OCH3 is 1. The lowest BCUT2D eigenvalue weighted by Crippen LogP contribution is -2.49. The van der Waals surface area contributed by atoms with Gasteiger partial charge in [-0.25, -0.2) is 4.79 Å². The number of nitrogens with zero attached hydrogens (tertiary/aromatic N) is 2. The first-order valence-corrected chi connectivity index (χ1v) is 6.45. The van der Waals surface area contributed by atoms with Crippen LogP contribution in [0.5, 0.6) is 0 Å². The molecule has 0 aromatic rings. The SMILES string of the molecule is CCCCN(CC(N)=O)C(=O)N(CCOC)CC(=O)O. The summed E-state index contributed by atoms with van der Waals surface area (Å²) >= 11 is 0. The monoisotopic (exact) mass is 289 g/mol. The van der Waals surface area contributed by atoms with E-state index >= 15 is 0 Å². The molecule has 20 heavy (non-hydrogen) atoms. The highest BCUT2D eigenvalue weighted by atomic mass is 16.5. The lowest BCUT2D eigenvalue weighted by Gasteiger charge is -2.28. The summed E-state index contributed by atoms with van der Waals surface area (Å²) in [6.45, 7) is 2.01. The average molecular weight is 289 g/mol. The number of amides is 3. The molecule has 0 radical (unpaired) electrons. The van der Waals surface area contributed by atoms with Crippen molar-refractivity contribution in [3.8, 4) is 0 Å². The van der Waals surface area contributed by atoms with Crippen LogP contribution >= 0.6 is 0 Å². The average Bonchev–Trinajstić information content (AvgIpc) is 2.37. The molecule has 0 saturated heterocycles. The number of aliphatic carboxylic acids is 1. The Morgan fingerprint density at radius 3 is 2.20 bits per heavy atom. The summed E-state index contributed by atoms with van der Waals surface area (Å²) in [5.74, 6) is -1.75. The fourth-order valence-electron chi connectivity index (χ4n) is 1.59. The van der Waals surface area contributed by atoms with Crippen molar-refractivity contribution in [3.63, 3.8) is 0 Å². The van der Waals surface area contributed by atoms with Crippen molar-refractivity contribution in [2.45, 2.75) is 19.8 Å². The summed E-state index contributed by atoms with van der Waals surface area (Å²) in [4.78, 5) is 36.4. The molecular weight excluding hydrogens is 266 g/mol. The third kappa shape index (κ3) is 7.57. The van der Waals surface area contributed by atoms with Gasteiger partial charge in [0.1, 0.15) is 13.1 Å². The first-order chi connectivity index (χ1) is 9.42. The van der Waals surface area contributed by atoms with Crippen molar-refractivity contribution < 1.29 is 24.2 Å². The van der Waals surface area contributed by atoms with Crippen LogP contribution in [0.1, 0.15) is 19.8 Å². The number of hydrogen-bond acceptors (Lipinski definition) is 4. The predicted molar refractivity (Wildman–Crippen MR) is 72.2 cm³/mol. The number of urea groups is 1. The molecule has 0 aromatic heterocycles. The van der Waals surface area contributed by atoms with Crippen molar-refractivity contribution in [2.24, 2.45) is 5.73 Å². The maximum atomic E-state index is 12.3. The Morgan fingerprint density at radius 1 is 1.15 bits per heavy atom. The molecule has 0 bridgehead atoms. The molecule has 0 aliphatic rings. The molecule has 0 saturated carbocycles. The molecule has 0 rings (SSSR count). The zero-order valence-corrected chi connectivity index (χ0v) is 12.0. The van der Waals surface area contributed by atoms with Crippen LogP contribution in [0, 0.1) is 0 Å². The van der Waals surface area contributed by atoms with Gasteiger partial charge in [0.2, 0.25) is 5.91 Å². The van der Waals surface area contributed by atoms with Crippen molar-refractivity contribution >= 4 is 17.9 Å². The van der Waals surface area contributed by atoms with Crippen LogP contribution in [0.4, 0.5) is 4.79 Å². The van der Waals surface area contributed by atoms with Crippen LogP contribution in [-0.2, 0) is 14.3 Å². The maximum absolute atomic E-state index is 12.3. The number of carbonyl (C=O) groups excluding carboxylic acids is 2. The number of unbranched alkanes of at least 4 members (excludes halogenated alkanes) is 1. The summed E-state index contributed by atoms with van der Waals surface area (Å²) in [7, 11) is 1.46. The zero-order chi connectivity index (χ0) is 15.5. The fourth-order valence-corrected chi connectivity index (χ4v) is 1.59. The van der Waals surface area contributed by atoms with E-state index in [1.165, 1.54) is 12.0 Å². The quantitative estimate of drug-likeness (QED) is 0.574. The Hall–Kier alpha value is -1.83. The van der Waals surface area contributed by atoms with Gasteiger partial charge in [-0.3, -0.25) is 9.59 Å². The van der Waals surface area contributed by atoms with Gasteiger partial charge in [0.25, 0.3) is 0 Å². The molecule has 0 unspecified atom stereocenters. The molecule has 3 N–H and O–H groups in total. The van der Waals surface area contributed by atoms with E-state index in [9.17, 15) is 14.4 Å². The number of carboxylic acid groups (broad SMARTS) is 1. The highest BCUT2D eigenvalue weighted by molar-refractivity contribution is 5.85. The number of hydrogen-bond donors (Lipinski definition) is 2. The first-order valence-electron chi connectivity index (χ1n) is 6.45. The number of carboxylic acids is 1. The lowest BCUT2D eigenvalue weighted by molar-refractivity contribution is -0.137. The smallest absolute Gasteiger partial charge is 0.323 e. The topological polar surface area (TPSA) is 113 Å². The van der Waals surface area contributed by atoms with E-state index in [0.717, 1.165) is 11.3 Å². The third-order valence-corrected chi connectivity index (χ3v) is 2.56. The number of ether oxygens (including phenoxy) is 1. The number of primary amides is 1. The van der Waals surface area contributed by atoms with Crippen LogP contribution < -0.4 is 5.73 Å². The highest BCUT2D eigenvalue weighted by Crippen LogP contribution is 2.02. The van der Waals surface area contributed by atoms with Crippen molar-refractivity contribution in [3.05, 3.63) is 0 Å². The Morgan fingerprint density at radius 2 is 1.75 bits per heavy atom. The molecule has 8 heteroatoms. The summed E-state index contributed by atoms with van der Waals surface area (Å²) in [5.41, 5.74) is 5.11. The minimum absolute atomic E-state index is 0.142. The minimum atomic E-state index is -1.12. The summed E-state index contributed by atoms with van der Waals surface area (Å²) in [6, 6.07) is -0.517. The van der Waals surface area contributed by atoms with Crippen LogP contribution in [-0.4, -0.2) is 72.7 Å². The second-order valence-corrected chi connectivity index (χ2v) is 4.33. The van der Waals surface area contributed by atoms with Gasteiger partial charge >= 0.3 is 12.0 Å². The van der Waals surface area contributed by atoms with E-state index in [0.29, 0.717) is 13.0 Å². The molecule has 8 nitrogen and oxygen atoms in total. The predicted octanol–water partition coefficient (Wildman–Crippen LogP) is -0.273. The zero-order valence-electron chi connectivity index (χ0n) is 12.0. The fraction of sp³-hybridized carbons (Fsp3) is 0.750. The summed E-state index contributed by atoms with van der Waals surface area (Å²) < 4.78 is 4.85. The highest BCUT2D eigenvalue weighted by Gasteiger charge is 2.23. The van der Waals surface area contributed by atoms with Gasteiger partial charge in [0.15, 0.2) is 0 Å². The third-order valence-electron chi connectivity index (χ3n) is 2.56. The van der Waals surface area contributed by atoms with Crippen LogP contribution in [0.2, 0.25) is 0 Å². The van der Waals surface area contributed by atoms with Crippen molar-refractivity contribution in [1.82, 2.24) is 9.80 Å². The second-order valence-electron chi connectivity index (χ2n) is 4.33.